The number of oxime groups is 1. The normalized spacial score (nSPS) is 16.4. The number of rotatable bonds is 7. The van der Waals surface area contributed by atoms with E-state index in [9.17, 15) is 9.18 Å². The van der Waals surface area contributed by atoms with Crippen LogP contribution < -0.4 is 5.32 Å². The highest BCUT2D eigenvalue weighted by Gasteiger charge is 2.21. The lowest BCUT2D eigenvalue weighted by atomic mass is 10.0. The molecule has 0 unspecified atom stereocenters. The Morgan fingerprint density at radius 3 is 2.92 bits per heavy atom. The lowest BCUT2D eigenvalue weighted by molar-refractivity contribution is -0.121. The smallest absolute Gasteiger partial charge is 0.220 e. The van der Waals surface area contributed by atoms with Gasteiger partial charge in [0, 0.05) is 24.1 Å². The number of carbonyl (C=O) groups is 1. The Morgan fingerprint density at radius 1 is 1.40 bits per heavy atom. The van der Waals surface area contributed by atoms with Crippen molar-refractivity contribution in [2.24, 2.45) is 5.16 Å². The summed E-state index contributed by atoms with van der Waals surface area (Å²) in [6.45, 7) is 2.40. The van der Waals surface area contributed by atoms with E-state index < -0.39 is 0 Å². The highest BCUT2D eigenvalue weighted by Crippen LogP contribution is 2.16. The van der Waals surface area contributed by atoms with Gasteiger partial charge < -0.3 is 10.2 Å². The van der Waals surface area contributed by atoms with Crippen molar-refractivity contribution in [2.75, 3.05) is 6.54 Å². The van der Waals surface area contributed by atoms with Crippen LogP contribution in [0.4, 0.5) is 4.39 Å². The first-order chi connectivity index (χ1) is 12.1. The molecule has 25 heavy (non-hydrogen) atoms. The van der Waals surface area contributed by atoms with Crippen molar-refractivity contribution in [3.05, 3.63) is 51.7 Å². The zero-order chi connectivity index (χ0) is 17.6. The average molecular weight is 361 g/mol. The Bertz CT molecular complexity index is 758. The van der Waals surface area contributed by atoms with E-state index in [0.29, 0.717) is 32.2 Å². The minimum Gasteiger partial charge on any atom is -0.390 e. The number of hydrogen-bond acceptors (Lipinski definition) is 5. The molecule has 1 atom stereocenters. The van der Waals surface area contributed by atoms with Crippen LogP contribution in [-0.2, 0) is 22.5 Å². The fourth-order valence-electron chi connectivity index (χ4n) is 2.65. The molecule has 0 fully saturated rings. The summed E-state index contributed by atoms with van der Waals surface area (Å²) in [5.41, 5.74) is 4.70. The summed E-state index contributed by atoms with van der Waals surface area (Å²) in [5.74, 6) is -0.245. The molecule has 1 aromatic heterocycles. The zero-order valence-corrected chi connectivity index (χ0v) is 14.8. The molecule has 3 rings (SSSR count). The van der Waals surface area contributed by atoms with Crippen LogP contribution in [0, 0.1) is 12.7 Å². The number of nitrogens with one attached hydrogen (secondary N) is 1. The first-order valence-corrected chi connectivity index (χ1v) is 9.10. The van der Waals surface area contributed by atoms with Crippen molar-refractivity contribution in [1.29, 1.82) is 0 Å². The summed E-state index contributed by atoms with van der Waals surface area (Å²) in [5, 5.41) is 6.97. The van der Waals surface area contributed by atoms with E-state index in [1.807, 2.05) is 6.92 Å². The van der Waals surface area contributed by atoms with Gasteiger partial charge in [0.15, 0.2) is 0 Å². The van der Waals surface area contributed by atoms with E-state index in [-0.39, 0.29) is 17.8 Å². The van der Waals surface area contributed by atoms with Crippen LogP contribution in [0.2, 0.25) is 0 Å². The average Bonchev–Trinajstić information content (AvgIpc) is 3.22. The molecule has 0 aliphatic carbocycles. The van der Waals surface area contributed by atoms with Gasteiger partial charge in [-0.15, -0.1) is 11.3 Å². The minimum absolute atomic E-state index is 0.00313. The third kappa shape index (κ3) is 5.09. The van der Waals surface area contributed by atoms with Crippen molar-refractivity contribution >= 4 is 23.0 Å². The van der Waals surface area contributed by atoms with Gasteiger partial charge in [-0.1, -0.05) is 17.3 Å². The second-order valence-corrected chi connectivity index (χ2v) is 7.00. The van der Waals surface area contributed by atoms with Gasteiger partial charge in [-0.05, 0) is 31.0 Å². The summed E-state index contributed by atoms with van der Waals surface area (Å²) < 4.78 is 12.9. The fraction of sp³-hybridized carbons (Fsp3) is 0.389. The monoisotopic (exact) mass is 361 g/mol. The summed E-state index contributed by atoms with van der Waals surface area (Å²) in [4.78, 5) is 22.7. The molecular weight excluding hydrogens is 341 g/mol. The molecule has 1 aliphatic heterocycles. The van der Waals surface area contributed by atoms with E-state index in [4.69, 9.17) is 4.84 Å². The van der Waals surface area contributed by atoms with Gasteiger partial charge in [0.1, 0.15) is 11.9 Å². The standard InChI is InChI=1S/C18H20FN3O2S/c1-12-17(25-11-21-12)6-7-18(23)20-10-16-9-15(22-24-16)8-13-2-4-14(19)5-3-13/h2-5,11,16H,6-10H2,1H3,(H,20,23)/t16-/m1/s1. The van der Waals surface area contributed by atoms with Gasteiger partial charge in [0.05, 0.1) is 23.5 Å². The molecule has 1 aliphatic rings. The molecule has 0 saturated heterocycles. The summed E-state index contributed by atoms with van der Waals surface area (Å²) >= 11 is 1.58. The first-order valence-electron chi connectivity index (χ1n) is 8.22. The Kier molecular flexibility index (Phi) is 5.75. The lowest BCUT2D eigenvalue weighted by Gasteiger charge is -2.09. The molecule has 0 bridgehead atoms. The number of nitrogens with zero attached hydrogens (tertiary/aromatic N) is 2. The van der Waals surface area contributed by atoms with Crippen LogP contribution in [-0.4, -0.2) is 29.3 Å². The Balaban J connectivity index is 1.36. The van der Waals surface area contributed by atoms with Gasteiger partial charge in [-0.25, -0.2) is 9.37 Å². The minimum atomic E-state index is -0.248. The molecule has 2 heterocycles. The number of carbonyl (C=O) groups excluding carboxylic acids is 1. The molecule has 2 aromatic rings. The van der Waals surface area contributed by atoms with Gasteiger partial charge in [-0.3, -0.25) is 4.79 Å². The van der Waals surface area contributed by atoms with Gasteiger partial charge in [0.2, 0.25) is 5.91 Å². The molecule has 132 valence electrons. The second-order valence-electron chi connectivity index (χ2n) is 6.06. The Morgan fingerprint density at radius 2 is 2.20 bits per heavy atom. The van der Waals surface area contributed by atoms with Crippen LogP contribution in [0.25, 0.3) is 0 Å². The molecular formula is C18H20FN3O2S. The van der Waals surface area contributed by atoms with E-state index in [1.165, 1.54) is 12.1 Å². The number of amides is 1. The van der Waals surface area contributed by atoms with Crippen molar-refractivity contribution < 1.29 is 14.0 Å². The van der Waals surface area contributed by atoms with Crippen LogP contribution >= 0.6 is 11.3 Å². The van der Waals surface area contributed by atoms with Crippen molar-refractivity contribution in [1.82, 2.24) is 10.3 Å². The van der Waals surface area contributed by atoms with Gasteiger partial charge >= 0.3 is 0 Å². The highest BCUT2D eigenvalue weighted by molar-refractivity contribution is 7.09. The number of hydrogen-bond donors (Lipinski definition) is 1. The van der Waals surface area contributed by atoms with Crippen LogP contribution in [0.15, 0.2) is 34.9 Å². The molecule has 0 saturated carbocycles. The molecule has 0 radical (unpaired) electrons. The Hall–Kier alpha value is -2.28. The molecule has 5 nitrogen and oxygen atoms in total. The second kappa shape index (κ2) is 8.20. The lowest BCUT2D eigenvalue weighted by Crippen LogP contribution is -2.32. The molecule has 1 amide bonds. The largest absolute Gasteiger partial charge is 0.390 e. The van der Waals surface area contributed by atoms with E-state index in [1.54, 1.807) is 29.0 Å². The molecule has 0 spiro atoms. The summed E-state index contributed by atoms with van der Waals surface area (Å²) in [7, 11) is 0. The summed E-state index contributed by atoms with van der Waals surface area (Å²) in [6.07, 6.45) is 2.32. The van der Waals surface area contributed by atoms with Crippen molar-refractivity contribution in [3.63, 3.8) is 0 Å². The number of halogens is 1. The maximum Gasteiger partial charge on any atom is 0.220 e. The predicted octanol–water partition coefficient (Wildman–Crippen LogP) is 3.03. The van der Waals surface area contributed by atoms with Gasteiger partial charge in [0.25, 0.3) is 0 Å². The molecule has 1 aromatic carbocycles. The number of aromatic nitrogens is 1. The highest BCUT2D eigenvalue weighted by atomic mass is 32.1. The number of thiazole rings is 1. The molecule has 1 N–H and O–H groups in total. The Labute approximate surface area is 149 Å². The van der Waals surface area contributed by atoms with Crippen molar-refractivity contribution in [2.45, 2.75) is 38.7 Å². The van der Waals surface area contributed by atoms with E-state index >= 15 is 0 Å². The predicted molar refractivity (Wildman–Crippen MR) is 95.2 cm³/mol. The van der Waals surface area contributed by atoms with E-state index in [0.717, 1.165) is 21.8 Å². The summed E-state index contributed by atoms with van der Waals surface area (Å²) in [6, 6.07) is 6.37. The third-order valence-electron chi connectivity index (χ3n) is 4.07. The molecule has 7 heteroatoms. The van der Waals surface area contributed by atoms with Gasteiger partial charge in [-0.2, -0.15) is 0 Å². The SMILES string of the molecule is Cc1ncsc1CCC(=O)NC[C@H]1CC(Cc2ccc(F)cc2)=NO1. The fourth-order valence-corrected chi connectivity index (χ4v) is 3.43. The van der Waals surface area contributed by atoms with Crippen LogP contribution in [0.5, 0.6) is 0 Å². The zero-order valence-electron chi connectivity index (χ0n) is 14.0. The van der Waals surface area contributed by atoms with Crippen molar-refractivity contribution in [3.8, 4) is 0 Å². The van der Waals surface area contributed by atoms with E-state index in [2.05, 4.69) is 15.5 Å². The van der Waals surface area contributed by atoms with Crippen LogP contribution in [0.1, 0.15) is 29.0 Å². The topological polar surface area (TPSA) is 63.6 Å². The quantitative estimate of drug-likeness (QED) is 0.824. The maximum absolute atomic E-state index is 12.9. The third-order valence-corrected chi connectivity index (χ3v) is 5.06. The first kappa shape index (κ1) is 17.5. The van der Waals surface area contributed by atoms with Crippen LogP contribution in [0.3, 0.4) is 0 Å². The number of benzene rings is 1. The number of aryl methyl sites for hydroxylation is 2. The maximum atomic E-state index is 12.9.